The van der Waals surface area contributed by atoms with Crippen LogP contribution in [0.5, 0.6) is 0 Å². The lowest BCUT2D eigenvalue weighted by Gasteiger charge is -2.10. The number of rotatable bonds is 6. The second-order valence-corrected chi connectivity index (χ2v) is 6.73. The zero-order valence-electron chi connectivity index (χ0n) is 15.1. The van der Waals surface area contributed by atoms with Crippen LogP contribution in [-0.4, -0.2) is 19.5 Å². The average Bonchev–Trinajstić information content (AvgIpc) is 2.99. The second kappa shape index (κ2) is 7.84. The summed E-state index contributed by atoms with van der Waals surface area (Å²) in [5.74, 6) is 0.880. The first-order valence-corrected chi connectivity index (χ1v) is 9.31. The molecule has 0 unspecified atom stereocenters. The lowest BCUT2D eigenvalue weighted by atomic mass is 10.1. The predicted molar refractivity (Wildman–Crippen MR) is 99.7 cm³/mol. The summed E-state index contributed by atoms with van der Waals surface area (Å²) in [5.41, 5.74) is 1.32. The number of imidazole rings is 1. The van der Waals surface area contributed by atoms with E-state index in [0.29, 0.717) is 22.4 Å². The molecule has 0 aliphatic rings. The van der Waals surface area contributed by atoms with Gasteiger partial charge < -0.3 is 4.57 Å². The van der Waals surface area contributed by atoms with Gasteiger partial charge in [-0.05, 0) is 18.6 Å². The molecule has 27 heavy (non-hydrogen) atoms. The van der Waals surface area contributed by atoms with E-state index in [1.807, 2.05) is 6.92 Å². The maximum Gasteiger partial charge on any atom is 0.416 e. The molecule has 2 aromatic heterocycles. The minimum atomic E-state index is -4.45. The molecule has 1 aromatic carbocycles. The number of nitrogens with zero attached hydrogens (tertiary/aromatic N) is 4. The largest absolute Gasteiger partial charge is 0.416 e. The molecule has 3 aromatic rings. The fraction of sp³-hybridized carbons (Fsp3) is 0.421. The van der Waals surface area contributed by atoms with Gasteiger partial charge in [0, 0.05) is 18.5 Å². The summed E-state index contributed by atoms with van der Waals surface area (Å²) in [6.45, 7) is 4.94. The minimum Gasteiger partial charge on any atom is -0.313 e. The number of aryl methyl sites for hydroxylation is 2. The van der Waals surface area contributed by atoms with Crippen molar-refractivity contribution in [2.45, 2.75) is 52.3 Å². The van der Waals surface area contributed by atoms with Crippen LogP contribution in [0.15, 0.2) is 24.5 Å². The van der Waals surface area contributed by atoms with Gasteiger partial charge in [0.15, 0.2) is 5.65 Å². The molecule has 0 saturated heterocycles. The van der Waals surface area contributed by atoms with Gasteiger partial charge in [0.1, 0.15) is 23.4 Å². The molecule has 3 rings (SSSR count). The predicted octanol–water partition coefficient (Wildman–Crippen LogP) is 5.92. The lowest BCUT2D eigenvalue weighted by molar-refractivity contribution is -0.137. The molecule has 0 spiro atoms. The summed E-state index contributed by atoms with van der Waals surface area (Å²) in [7, 11) is 0. The van der Waals surface area contributed by atoms with Crippen LogP contribution in [0, 0.1) is 0 Å². The van der Waals surface area contributed by atoms with Crippen molar-refractivity contribution in [3.05, 3.63) is 40.9 Å². The van der Waals surface area contributed by atoms with Crippen LogP contribution >= 0.6 is 11.6 Å². The van der Waals surface area contributed by atoms with Crippen molar-refractivity contribution in [3.63, 3.8) is 0 Å². The zero-order chi connectivity index (χ0) is 19.6. The standard InChI is InChI=1S/C19H20ClF3N4/c1-3-5-6-9-27-15(4-2)26-17-16(24-11-25-18(17)27)13-8-7-12(10-14(13)20)19(21,22)23/h7-8,10-11H,3-6,9H2,1-2H3. The number of hydrogen-bond donors (Lipinski definition) is 0. The highest BCUT2D eigenvalue weighted by molar-refractivity contribution is 6.33. The van der Waals surface area contributed by atoms with Crippen molar-refractivity contribution in [2.24, 2.45) is 0 Å². The Bertz CT molecular complexity index is 950. The molecule has 0 bridgehead atoms. The van der Waals surface area contributed by atoms with Gasteiger partial charge in [-0.25, -0.2) is 15.0 Å². The first-order chi connectivity index (χ1) is 12.9. The van der Waals surface area contributed by atoms with Crippen LogP contribution in [0.3, 0.4) is 0 Å². The second-order valence-electron chi connectivity index (χ2n) is 6.33. The summed E-state index contributed by atoms with van der Waals surface area (Å²) < 4.78 is 40.8. The van der Waals surface area contributed by atoms with Crippen LogP contribution < -0.4 is 0 Å². The van der Waals surface area contributed by atoms with E-state index in [1.165, 1.54) is 12.4 Å². The molecule has 0 aliphatic carbocycles. The van der Waals surface area contributed by atoms with Crippen LogP contribution in [0.2, 0.25) is 5.02 Å². The monoisotopic (exact) mass is 396 g/mol. The van der Waals surface area contributed by atoms with Crippen molar-refractivity contribution in [1.82, 2.24) is 19.5 Å². The van der Waals surface area contributed by atoms with Gasteiger partial charge in [-0.15, -0.1) is 0 Å². The lowest BCUT2D eigenvalue weighted by Crippen LogP contribution is -2.05. The molecule has 4 nitrogen and oxygen atoms in total. The number of aromatic nitrogens is 4. The van der Waals surface area contributed by atoms with E-state index in [1.54, 1.807) is 0 Å². The molecular formula is C19H20ClF3N4. The summed E-state index contributed by atoms with van der Waals surface area (Å²) in [5, 5.41) is -0.0107. The van der Waals surface area contributed by atoms with Gasteiger partial charge in [0.25, 0.3) is 0 Å². The Morgan fingerprint density at radius 1 is 1.11 bits per heavy atom. The van der Waals surface area contributed by atoms with E-state index in [0.717, 1.165) is 50.2 Å². The van der Waals surface area contributed by atoms with Gasteiger partial charge in [-0.3, -0.25) is 0 Å². The Labute approximate surface area is 160 Å². The summed E-state index contributed by atoms with van der Waals surface area (Å²) >= 11 is 6.16. The minimum absolute atomic E-state index is 0.0107. The number of benzene rings is 1. The van der Waals surface area contributed by atoms with Crippen molar-refractivity contribution in [2.75, 3.05) is 0 Å². The molecule has 2 heterocycles. The third-order valence-corrected chi connectivity index (χ3v) is 4.78. The first kappa shape index (κ1) is 19.6. The highest BCUT2D eigenvalue weighted by atomic mass is 35.5. The topological polar surface area (TPSA) is 43.6 Å². The number of fused-ring (bicyclic) bond motifs is 1. The fourth-order valence-corrected chi connectivity index (χ4v) is 3.36. The molecule has 0 fully saturated rings. The van der Waals surface area contributed by atoms with E-state index in [9.17, 15) is 13.2 Å². The van der Waals surface area contributed by atoms with E-state index in [-0.39, 0.29) is 5.02 Å². The van der Waals surface area contributed by atoms with Crippen molar-refractivity contribution in [3.8, 4) is 11.3 Å². The quantitative estimate of drug-likeness (QED) is 0.486. The Morgan fingerprint density at radius 3 is 2.52 bits per heavy atom. The normalized spacial score (nSPS) is 12.1. The van der Waals surface area contributed by atoms with Gasteiger partial charge >= 0.3 is 6.18 Å². The van der Waals surface area contributed by atoms with E-state index in [4.69, 9.17) is 11.6 Å². The molecular weight excluding hydrogens is 377 g/mol. The highest BCUT2D eigenvalue weighted by Crippen LogP contribution is 2.36. The number of halogens is 4. The highest BCUT2D eigenvalue weighted by Gasteiger charge is 2.31. The fourth-order valence-electron chi connectivity index (χ4n) is 3.09. The molecule has 0 radical (unpaired) electrons. The number of alkyl halides is 3. The average molecular weight is 397 g/mol. The molecule has 0 N–H and O–H groups in total. The maximum atomic E-state index is 12.9. The SMILES string of the molecule is CCCCCn1c(CC)nc2c(-c3ccc(C(F)(F)F)cc3Cl)ncnc21. The van der Waals surface area contributed by atoms with Crippen LogP contribution in [0.1, 0.15) is 44.5 Å². The molecule has 144 valence electrons. The Balaban J connectivity index is 2.11. The molecule has 0 aliphatic heterocycles. The Hall–Kier alpha value is -2.15. The van der Waals surface area contributed by atoms with Gasteiger partial charge in [0.2, 0.25) is 0 Å². The summed E-state index contributed by atoms with van der Waals surface area (Å²) in [6.07, 6.45) is 0.904. The molecule has 0 amide bonds. The number of hydrogen-bond acceptors (Lipinski definition) is 3. The third-order valence-electron chi connectivity index (χ3n) is 4.46. The van der Waals surface area contributed by atoms with Crippen molar-refractivity contribution in [1.29, 1.82) is 0 Å². The van der Waals surface area contributed by atoms with Gasteiger partial charge in [-0.2, -0.15) is 13.2 Å². The first-order valence-electron chi connectivity index (χ1n) is 8.94. The van der Waals surface area contributed by atoms with E-state index >= 15 is 0 Å². The van der Waals surface area contributed by atoms with Crippen LogP contribution in [0.4, 0.5) is 13.2 Å². The molecule has 8 heteroatoms. The Morgan fingerprint density at radius 2 is 1.89 bits per heavy atom. The smallest absolute Gasteiger partial charge is 0.313 e. The van der Waals surface area contributed by atoms with Crippen molar-refractivity contribution < 1.29 is 13.2 Å². The van der Waals surface area contributed by atoms with Gasteiger partial charge in [0.05, 0.1) is 10.6 Å². The van der Waals surface area contributed by atoms with E-state index in [2.05, 4.69) is 26.4 Å². The van der Waals surface area contributed by atoms with E-state index < -0.39 is 11.7 Å². The van der Waals surface area contributed by atoms with Gasteiger partial charge in [-0.1, -0.05) is 44.4 Å². The third kappa shape index (κ3) is 3.93. The summed E-state index contributed by atoms with van der Waals surface area (Å²) in [4.78, 5) is 13.3. The van der Waals surface area contributed by atoms with Crippen molar-refractivity contribution >= 4 is 22.8 Å². The molecule has 0 atom stereocenters. The van der Waals surface area contributed by atoms with Crippen LogP contribution in [-0.2, 0) is 19.1 Å². The van der Waals surface area contributed by atoms with Crippen LogP contribution in [0.25, 0.3) is 22.4 Å². The zero-order valence-corrected chi connectivity index (χ0v) is 15.9. The Kier molecular flexibility index (Phi) is 5.69. The molecule has 0 saturated carbocycles. The summed E-state index contributed by atoms with van der Waals surface area (Å²) in [6, 6.07) is 3.27. The number of unbranched alkanes of at least 4 members (excludes halogenated alkanes) is 2. The maximum absolute atomic E-state index is 12.9.